The Morgan fingerprint density at radius 2 is 2.19 bits per heavy atom. The van der Waals surface area contributed by atoms with Crippen molar-refractivity contribution in [1.82, 2.24) is 5.32 Å². The maximum Gasteiger partial charge on any atom is 0.471 e. The molecule has 0 saturated carbocycles. The lowest BCUT2D eigenvalue weighted by Crippen LogP contribution is -2.35. The summed E-state index contributed by atoms with van der Waals surface area (Å²) >= 11 is 0. The molecule has 3 N–H and O–H groups in total. The maximum absolute atomic E-state index is 11.0. The highest BCUT2D eigenvalue weighted by atomic mass is 31.2. The van der Waals surface area contributed by atoms with Crippen molar-refractivity contribution >= 4 is 13.7 Å². The summed E-state index contributed by atoms with van der Waals surface area (Å²) in [6.07, 6.45) is 3.01. The molecule has 1 atom stereocenters. The van der Waals surface area contributed by atoms with Crippen molar-refractivity contribution < 1.29 is 23.7 Å². The van der Waals surface area contributed by atoms with E-state index in [-0.39, 0.29) is 0 Å². The van der Waals surface area contributed by atoms with E-state index < -0.39 is 20.0 Å². The Morgan fingerprint density at radius 1 is 1.56 bits per heavy atom. The van der Waals surface area contributed by atoms with Crippen molar-refractivity contribution in [3.05, 3.63) is 12.7 Å². The fourth-order valence-corrected chi connectivity index (χ4v) is 1.60. The highest BCUT2D eigenvalue weighted by Crippen LogP contribution is 2.37. The monoisotopic (exact) mass is 251 g/mol. The fraction of sp³-hybridized carbons (Fsp3) is 0.667. The van der Waals surface area contributed by atoms with Crippen molar-refractivity contribution in [2.45, 2.75) is 38.8 Å². The number of unbranched alkanes of at least 4 members (excludes halogenated alkanes) is 2. The van der Waals surface area contributed by atoms with Gasteiger partial charge in [-0.05, 0) is 18.9 Å². The number of phosphoric acid groups is 1. The molecule has 0 aliphatic rings. The van der Waals surface area contributed by atoms with Crippen LogP contribution in [0.2, 0.25) is 0 Å². The predicted octanol–water partition coefficient (Wildman–Crippen LogP) is 1.30. The topological polar surface area (TPSA) is 95.9 Å². The second-order valence-corrected chi connectivity index (χ2v) is 4.49. The Hall–Kier alpha value is -0.680. The quantitative estimate of drug-likeness (QED) is 0.261. The zero-order valence-electron chi connectivity index (χ0n) is 9.26. The first kappa shape index (κ1) is 15.3. The molecule has 94 valence electrons. The van der Waals surface area contributed by atoms with E-state index in [2.05, 4.69) is 16.4 Å². The number of rotatable bonds is 8. The van der Waals surface area contributed by atoms with E-state index in [9.17, 15) is 9.36 Å². The van der Waals surface area contributed by atoms with Crippen LogP contribution in [0.1, 0.15) is 32.6 Å². The molecule has 0 bridgehead atoms. The standard InChI is InChI=1S/C9H18NO5P/c1-3-5-6-7-9(10-8(11)4-2)15-16(12,13)14/h4,9H,2-3,5-7H2,1H3,(H,10,11)(H2,12,13,14). The van der Waals surface area contributed by atoms with Gasteiger partial charge in [0.05, 0.1) is 0 Å². The van der Waals surface area contributed by atoms with Gasteiger partial charge in [-0.15, -0.1) is 0 Å². The van der Waals surface area contributed by atoms with E-state index in [1.807, 2.05) is 6.92 Å². The fourth-order valence-electron chi connectivity index (χ4n) is 1.11. The summed E-state index contributed by atoms with van der Waals surface area (Å²) in [7, 11) is -4.59. The van der Waals surface area contributed by atoms with Crippen LogP contribution >= 0.6 is 7.82 Å². The summed E-state index contributed by atoms with van der Waals surface area (Å²) in [4.78, 5) is 28.3. The zero-order valence-corrected chi connectivity index (χ0v) is 10.2. The van der Waals surface area contributed by atoms with Gasteiger partial charge < -0.3 is 15.1 Å². The van der Waals surface area contributed by atoms with Gasteiger partial charge in [0.2, 0.25) is 5.91 Å². The molecule has 0 saturated heterocycles. The third-order valence-electron chi connectivity index (χ3n) is 1.82. The average Bonchev–Trinajstić information content (AvgIpc) is 2.15. The number of hydrogen-bond donors (Lipinski definition) is 3. The molecule has 0 heterocycles. The van der Waals surface area contributed by atoms with Crippen LogP contribution in [0.25, 0.3) is 0 Å². The first-order valence-corrected chi connectivity index (χ1v) is 6.59. The third-order valence-corrected chi connectivity index (χ3v) is 2.35. The number of carbonyl (C=O) groups is 1. The van der Waals surface area contributed by atoms with E-state index in [4.69, 9.17) is 9.79 Å². The molecule has 0 aromatic carbocycles. The van der Waals surface area contributed by atoms with Crippen LogP contribution in [-0.4, -0.2) is 21.9 Å². The molecule has 0 aromatic heterocycles. The van der Waals surface area contributed by atoms with Crippen LogP contribution in [0.4, 0.5) is 0 Å². The second kappa shape index (κ2) is 7.57. The SMILES string of the molecule is C=CC(=O)NC(CCCCC)OP(=O)(O)O. The van der Waals surface area contributed by atoms with Gasteiger partial charge >= 0.3 is 7.82 Å². The van der Waals surface area contributed by atoms with Gasteiger partial charge in [0.25, 0.3) is 0 Å². The molecule has 16 heavy (non-hydrogen) atoms. The average molecular weight is 251 g/mol. The minimum Gasteiger partial charge on any atom is -0.327 e. The minimum atomic E-state index is -4.59. The summed E-state index contributed by atoms with van der Waals surface area (Å²) in [5.41, 5.74) is 0. The van der Waals surface area contributed by atoms with Crippen LogP contribution in [0.15, 0.2) is 12.7 Å². The van der Waals surface area contributed by atoms with Gasteiger partial charge in [0, 0.05) is 0 Å². The maximum atomic E-state index is 11.0. The Bertz CT molecular complexity index is 275. The lowest BCUT2D eigenvalue weighted by molar-refractivity contribution is -0.119. The van der Waals surface area contributed by atoms with E-state index in [1.54, 1.807) is 0 Å². The van der Waals surface area contributed by atoms with E-state index in [0.29, 0.717) is 6.42 Å². The normalized spacial score (nSPS) is 13.2. The molecule has 1 unspecified atom stereocenters. The molecule has 0 aliphatic heterocycles. The van der Waals surface area contributed by atoms with Gasteiger partial charge in [-0.1, -0.05) is 26.3 Å². The Kier molecular flexibility index (Phi) is 7.25. The Labute approximate surface area is 94.9 Å². The van der Waals surface area contributed by atoms with Gasteiger partial charge in [-0.3, -0.25) is 9.32 Å². The second-order valence-electron chi connectivity index (χ2n) is 3.29. The molecule has 0 fully saturated rings. The molecule has 0 aromatic rings. The molecular formula is C9H18NO5P. The molecule has 0 radical (unpaired) electrons. The summed E-state index contributed by atoms with van der Waals surface area (Å²) < 4.78 is 15.1. The number of nitrogens with one attached hydrogen (secondary N) is 1. The first-order chi connectivity index (χ1) is 7.39. The summed E-state index contributed by atoms with van der Waals surface area (Å²) in [5, 5.41) is 2.31. The highest BCUT2D eigenvalue weighted by Gasteiger charge is 2.22. The van der Waals surface area contributed by atoms with Crippen molar-refractivity contribution in [3.8, 4) is 0 Å². The van der Waals surface area contributed by atoms with Crippen molar-refractivity contribution in [3.63, 3.8) is 0 Å². The molecule has 7 heteroatoms. The van der Waals surface area contributed by atoms with Gasteiger partial charge in [-0.2, -0.15) is 0 Å². The van der Waals surface area contributed by atoms with Crippen LogP contribution in [0.3, 0.4) is 0 Å². The summed E-state index contributed by atoms with van der Waals surface area (Å²) in [6.45, 7) is 5.25. The molecule has 0 spiro atoms. The van der Waals surface area contributed by atoms with Gasteiger partial charge in [0.15, 0.2) is 0 Å². The van der Waals surface area contributed by atoms with Crippen molar-refractivity contribution in [2.75, 3.05) is 0 Å². The first-order valence-electron chi connectivity index (χ1n) is 5.06. The van der Waals surface area contributed by atoms with E-state index >= 15 is 0 Å². The van der Waals surface area contributed by atoms with Crippen LogP contribution in [0.5, 0.6) is 0 Å². The zero-order chi connectivity index (χ0) is 12.6. The number of phosphoric ester groups is 1. The number of hydrogen-bond acceptors (Lipinski definition) is 3. The number of carbonyl (C=O) groups excluding carboxylic acids is 1. The lowest BCUT2D eigenvalue weighted by atomic mass is 10.2. The van der Waals surface area contributed by atoms with Crippen molar-refractivity contribution in [2.24, 2.45) is 0 Å². The largest absolute Gasteiger partial charge is 0.471 e. The van der Waals surface area contributed by atoms with Crippen LogP contribution < -0.4 is 5.32 Å². The minimum absolute atomic E-state index is 0.360. The third kappa shape index (κ3) is 8.61. The summed E-state index contributed by atoms with van der Waals surface area (Å²) in [6, 6.07) is 0. The van der Waals surface area contributed by atoms with Crippen molar-refractivity contribution in [1.29, 1.82) is 0 Å². The Balaban J connectivity index is 4.21. The predicted molar refractivity (Wildman–Crippen MR) is 59.4 cm³/mol. The Morgan fingerprint density at radius 3 is 2.62 bits per heavy atom. The highest BCUT2D eigenvalue weighted by molar-refractivity contribution is 7.46. The van der Waals surface area contributed by atoms with Gasteiger partial charge in [0.1, 0.15) is 6.23 Å². The smallest absolute Gasteiger partial charge is 0.327 e. The van der Waals surface area contributed by atoms with Crippen LogP contribution in [0, 0.1) is 0 Å². The summed E-state index contributed by atoms with van der Waals surface area (Å²) in [5.74, 6) is -0.519. The molecule has 0 rings (SSSR count). The molecular weight excluding hydrogens is 233 g/mol. The van der Waals surface area contributed by atoms with E-state index in [0.717, 1.165) is 25.3 Å². The van der Waals surface area contributed by atoms with E-state index in [1.165, 1.54) is 0 Å². The molecule has 0 aliphatic carbocycles. The van der Waals surface area contributed by atoms with Crippen LogP contribution in [-0.2, 0) is 13.9 Å². The molecule has 6 nitrogen and oxygen atoms in total. The molecule has 1 amide bonds. The van der Waals surface area contributed by atoms with Gasteiger partial charge in [-0.25, -0.2) is 4.57 Å². The lowest BCUT2D eigenvalue weighted by Gasteiger charge is -2.18. The number of amides is 1.